The molecule has 0 fully saturated rings. The van der Waals surface area contributed by atoms with Gasteiger partial charge in [-0.05, 0) is 18.2 Å². The average molecular weight is 295 g/mol. The average Bonchev–Trinajstić information content (AvgIpc) is 2.96. The van der Waals surface area contributed by atoms with Gasteiger partial charge < -0.3 is 4.57 Å². The standard InChI is InChI=1S/C13H12Cl2N4/c1-18-9(5-6-16-18)8-19-11-4-2-3-10(15)13(11)17-12(19)7-14/h2-6H,7-8H2,1H3. The molecule has 0 aliphatic rings. The predicted molar refractivity (Wildman–Crippen MR) is 76.6 cm³/mol. The lowest BCUT2D eigenvalue weighted by Gasteiger charge is -2.08. The third-order valence-corrected chi connectivity index (χ3v) is 3.71. The Morgan fingerprint density at radius 1 is 1.26 bits per heavy atom. The van der Waals surface area contributed by atoms with Crippen LogP contribution in [0.15, 0.2) is 30.5 Å². The topological polar surface area (TPSA) is 35.6 Å². The normalized spacial score (nSPS) is 11.3. The monoisotopic (exact) mass is 294 g/mol. The van der Waals surface area contributed by atoms with Crippen molar-refractivity contribution in [2.75, 3.05) is 0 Å². The van der Waals surface area contributed by atoms with E-state index in [4.69, 9.17) is 23.2 Å². The quantitative estimate of drug-likeness (QED) is 0.696. The van der Waals surface area contributed by atoms with E-state index in [2.05, 4.69) is 14.6 Å². The first kappa shape index (κ1) is 12.5. The van der Waals surface area contributed by atoms with Gasteiger partial charge in [-0.25, -0.2) is 4.98 Å². The van der Waals surface area contributed by atoms with Gasteiger partial charge in [-0.15, -0.1) is 11.6 Å². The minimum Gasteiger partial charge on any atom is -0.321 e. The molecule has 0 atom stereocenters. The van der Waals surface area contributed by atoms with E-state index >= 15 is 0 Å². The zero-order chi connectivity index (χ0) is 13.4. The minimum atomic E-state index is 0.350. The lowest BCUT2D eigenvalue weighted by molar-refractivity contribution is 0.663. The number of rotatable bonds is 3. The summed E-state index contributed by atoms with van der Waals surface area (Å²) >= 11 is 12.2. The van der Waals surface area contributed by atoms with Crippen LogP contribution in [0.3, 0.4) is 0 Å². The van der Waals surface area contributed by atoms with Crippen molar-refractivity contribution < 1.29 is 0 Å². The molecule has 0 aliphatic heterocycles. The van der Waals surface area contributed by atoms with Gasteiger partial charge in [-0.3, -0.25) is 4.68 Å². The molecule has 98 valence electrons. The molecule has 0 amide bonds. The summed E-state index contributed by atoms with van der Waals surface area (Å²) in [5.41, 5.74) is 2.87. The number of imidazole rings is 1. The molecule has 0 saturated heterocycles. The molecule has 19 heavy (non-hydrogen) atoms. The van der Waals surface area contributed by atoms with Gasteiger partial charge in [0.15, 0.2) is 0 Å². The van der Waals surface area contributed by atoms with Crippen LogP contribution in [0.2, 0.25) is 5.02 Å². The highest BCUT2D eigenvalue weighted by Crippen LogP contribution is 2.25. The van der Waals surface area contributed by atoms with Crippen molar-refractivity contribution in [2.24, 2.45) is 7.05 Å². The molecule has 6 heteroatoms. The van der Waals surface area contributed by atoms with Gasteiger partial charge in [-0.1, -0.05) is 17.7 Å². The van der Waals surface area contributed by atoms with Crippen LogP contribution in [-0.2, 0) is 19.5 Å². The highest BCUT2D eigenvalue weighted by molar-refractivity contribution is 6.35. The molecule has 3 rings (SSSR count). The van der Waals surface area contributed by atoms with Gasteiger partial charge in [0.25, 0.3) is 0 Å². The summed E-state index contributed by atoms with van der Waals surface area (Å²) in [7, 11) is 1.92. The van der Waals surface area contributed by atoms with Gasteiger partial charge >= 0.3 is 0 Å². The lowest BCUT2D eigenvalue weighted by atomic mass is 10.3. The van der Waals surface area contributed by atoms with E-state index in [-0.39, 0.29) is 0 Å². The molecule has 0 bridgehead atoms. The van der Waals surface area contributed by atoms with Crippen LogP contribution in [0.1, 0.15) is 11.5 Å². The molecule has 0 saturated carbocycles. The molecule has 0 unspecified atom stereocenters. The molecule has 4 nitrogen and oxygen atoms in total. The van der Waals surface area contributed by atoms with Crippen LogP contribution >= 0.6 is 23.2 Å². The number of benzene rings is 1. The van der Waals surface area contributed by atoms with Crippen molar-refractivity contribution >= 4 is 34.2 Å². The molecular weight excluding hydrogens is 283 g/mol. The van der Waals surface area contributed by atoms with Crippen molar-refractivity contribution in [3.8, 4) is 0 Å². The Hall–Kier alpha value is -1.52. The summed E-state index contributed by atoms with van der Waals surface area (Å²) < 4.78 is 3.92. The Kier molecular flexibility index (Phi) is 3.21. The smallest absolute Gasteiger partial charge is 0.125 e. The Morgan fingerprint density at radius 3 is 2.79 bits per heavy atom. The van der Waals surface area contributed by atoms with Gasteiger partial charge in [0.05, 0.1) is 28.7 Å². The van der Waals surface area contributed by atoms with Crippen LogP contribution in [-0.4, -0.2) is 19.3 Å². The predicted octanol–water partition coefficient (Wildman–Crippen LogP) is 3.21. The fourth-order valence-electron chi connectivity index (χ4n) is 2.16. The van der Waals surface area contributed by atoms with E-state index in [1.165, 1.54) is 0 Å². The van der Waals surface area contributed by atoms with E-state index in [1.807, 2.05) is 36.0 Å². The van der Waals surface area contributed by atoms with Crippen molar-refractivity contribution in [3.63, 3.8) is 0 Å². The molecule has 0 N–H and O–H groups in total. The number of halogens is 2. The van der Waals surface area contributed by atoms with E-state index in [0.717, 1.165) is 22.6 Å². The SMILES string of the molecule is Cn1nccc1Cn1c(CCl)nc2c(Cl)cccc21. The van der Waals surface area contributed by atoms with E-state index in [9.17, 15) is 0 Å². The lowest BCUT2D eigenvalue weighted by Crippen LogP contribution is -2.08. The number of hydrogen-bond donors (Lipinski definition) is 0. The number of hydrogen-bond acceptors (Lipinski definition) is 2. The number of fused-ring (bicyclic) bond motifs is 1. The number of para-hydroxylation sites is 1. The molecule has 3 aromatic rings. The third-order valence-electron chi connectivity index (χ3n) is 3.17. The molecule has 0 radical (unpaired) electrons. The van der Waals surface area contributed by atoms with Crippen molar-refractivity contribution in [1.82, 2.24) is 19.3 Å². The van der Waals surface area contributed by atoms with Gasteiger partial charge in [-0.2, -0.15) is 5.10 Å². The summed E-state index contributed by atoms with van der Waals surface area (Å²) in [4.78, 5) is 4.51. The first-order valence-corrected chi connectivity index (χ1v) is 6.78. The minimum absolute atomic E-state index is 0.350. The van der Waals surface area contributed by atoms with E-state index in [1.54, 1.807) is 6.20 Å². The van der Waals surface area contributed by atoms with Crippen molar-refractivity contribution in [3.05, 3.63) is 47.0 Å². The summed E-state index contributed by atoms with van der Waals surface area (Å²) in [6, 6.07) is 7.74. The molecular formula is C13H12Cl2N4. The zero-order valence-corrected chi connectivity index (χ0v) is 11.9. The van der Waals surface area contributed by atoms with Crippen LogP contribution in [0.5, 0.6) is 0 Å². The molecule has 2 heterocycles. The number of aromatic nitrogens is 4. The third kappa shape index (κ3) is 2.11. The summed E-state index contributed by atoms with van der Waals surface area (Å²) in [5.74, 6) is 1.16. The largest absolute Gasteiger partial charge is 0.321 e. The zero-order valence-electron chi connectivity index (χ0n) is 10.3. The van der Waals surface area contributed by atoms with Crippen LogP contribution < -0.4 is 0 Å². The van der Waals surface area contributed by atoms with Gasteiger partial charge in [0, 0.05) is 13.2 Å². The highest BCUT2D eigenvalue weighted by atomic mass is 35.5. The number of nitrogens with zero attached hydrogens (tertiary/aromatic N) is 4. The maximum Gasteiger partial charge on any atom is 0.125 e. The number of aryl methyl sites for hydroxylation is 1. The summed E-state index contributed by atoms with van der Waals surface area (Å²) in [5, 5.41) is 4.82. The van der Waals surface area contributed by atoms with Gasteiger partial charge in [0.2, 0.25) is 0 Å². The maximum absolute atomic E-state index is 6.18. The van der Waals surface area contributed by atoms with Crippen LogP contribution in [0, 0.1) is 0 Å². The number of alkyl halides is 1. The summed E-state index contributed by atoms with van der Waals surface area (Å²) in [6.45, 7) is 0.676. The second-order valence-electron chi connectivity index (χ2n) is 4.30. The second-order valence-corrected chi connectivity index (χ2v) is 4.98. The van der Waals surface area contributed by atoms with Crippen LogP contribution in [0.25, 0.3) is 11.0 Å². The first-order valence-electron chi connectivity index (χ1n) is 5.87. The molecule has 2 aromatic heterocycles. The van der Waals surface area contributed by atoms with Gasteiger partial charge in [0.1, 0.15) is 11.3 Å². The molecule has 0 aliphatic carbocycles. The summed E-state index contributed by atoms with van der Waals surface area (Å²) in [6.07, 6.45) is 1.78. The fourth-order valence-corrected chi connectivity index (χ4v) is 2.57. The first-order chi connectivity index (χ1) is 9.20. The Bertz CT molecular complexity index is 729. The van der Waals surface area contributed by atoms with Crippen molar-refractivity contribution in [1.29, 1.82) is 0 Å². The van der Waals surface area contributed by atoms with Crippen LogP contribution in [0.4, 0.5) is 0 Å². The Balaban J connectivity index is 2.16. The second kappa shape index (κ2) is 4.87. The maximum atomic E-state index is 6.18. The molecule has 0 spiro atoms. The van der Waals surface area contributed by atoms with E-state index in [0.29, 0.717) is 17.4 Å². The highest BCUT2D eigenvalue weighted by Gasteiger charge is 2.13. The Labute approximate surface area is 120 Å². The van der Waals surface area contributed by atoms with E-state index < -0.39 is 0 Å². The fraction of sp³-hybridized carbons (Fsp3) is 0.231. The molecule has 1 aromatic carbocycles. The van der Waals surface area contributed by atoms with Crippen molar-refractivity contribution in [2.45, 2.75) is 12.4 Å². The Morgan fingerprint density at radius 2 is 2.11 bits per heavy atom.